The van der Waals surface area contributed by atoms with Crippen LogP contribution in [0.2, 0.25) is 0 Å². The van der Waals surface area contributed by atoms with Crippen LogP contribution < -0.4 is 14.8 Å². The van der Waals surface area contributed by atoms with Crippen LogP contribution in [0.25, 0.3) is 0 Å². The molecule has 0 aliphatic heterocycles. The third-order valence-electron chi connectivity index (χ3n) is 5.27. The maximum Gasteiger partial charge on any atom is 0.417 e. The van der Waals surface area contributed by atoms with Crippen LogP contribution in [-0.4, -0.2) is 25.3 Å². The third-order valence-corrected chi connectivity index (χ3v) is 8.57. The average molecular weight is 609 g/mol. The number of alkyl halides is 6. The minimum Gasteiger partial charge on any atom is -0.496 e. The van der Waals surface area contributed by atoms with Gasteiger partial charge in [-0.2, -0.15) is 26.3 Å². The SMILES string of the molecule is COc1ccc(Br)c(OC)c1P(=O)(C(=O)c1ccccc1)C(=O)c1c(C(F)(F)F)cccc1C(F)(F)F. The van der Waals surface area contributed by atoms with E-state index in [2.05, 4.69) is 15.9 Å². The summed E-state index contributed by atoms with van der Waals surface area (Å²) in [5.41, 5.74) is -10.0. The van der Waals surface area contributed by atoms with Gasteiger partial charge in [-0.1, -0.05) is 36.4 Å². The Hall–Kier alpha value is -3.11. The van der Waals surface area contributed by atoms with Crippen molar-refractivity contribution in [1.82, 2.24) is 0 Å². The summed E-state index contributed by atoms with van der Waals surface area (Å²) < 4.78 is 108. The van der Waals surface area contributed by atoms with Crippen LogP contribution in [0.15, 0.2) is 65.1 Å². The fourth-order valence-electron chi connectivity index (χ4n) is 3.66. The van der Waals surface area contributed by atoms with E-state index in [0.29, 0.717) is 6.07 Å². The summed E-state index contributed by atoms with van der Waals surface area (Å²) in [7, 11) is -3.48. The van der Waals surface area contributed by atoms with Crippen molar-refractivity contribution in [2.24, 2.45) is 0 Å². The van der Waals surface area contributed by atoms with Crippen molar-refractivity contribution in [3.8, 4) is 11.5 Å². The molecule has 196 valence electrons. The Morgan fingerprint density at radius 2 is 1.30 bits per heavy atom. The Balaban J connectivity index is 2.54. The highest BCUT2D eigenvalue weighted by atomic mass is 79.9. The molecule has 5 nitrogen and oxygen atoms in total. The molecule has 0 radical (unpaired) electrons. The zero-order valence-corrected chi connectivity index (χ0v) is 21.4. The van der Waals surface area contributed by atoms with Crippen LogP contribution in [0, 0.1) is 0 Å². The predicted molar refractivity (Wildman–Crippen MR) is 126 cm³/mol. The first kappa shape index (κ1) is 28.5. The molecule has 0 spiro atoms. The van der Waals surface area contributed by atoms with Crippen LogP contribution in [0.5, 0.6) is 11.5 Å². The second-order valence-electron chi connectivity index (χ2n) is 7.44. The van der Waals surface area contributed by atoms with Crippen LogP contribution in [-0.2, 0) is 16.9 Å². The number of benzene rings is 3. The molecule has 0 aliphatic carbocycles. The molecule has 1 unspecified atom stereocenters. The lowest BCUT2D eigenvalue weighted by Gasteiger charge is -2.25. The molecule has 13 heteroatoms. The van der Waals surface area contributed by atoms with Crippen molar-refractivity contribution < 1.29 is 50.0 Å². The van der Waals surface area contributed by atoms with Crippen molar-refractivity contribution >= 4 is 39.4 Å². The van der Waals surface area contributed by atoms with Crippen molar-refractivity contribution in [2.45, 2.75) is 12.4 Å². The monoisotopic (exact) mass is 608 g/mol. The summed E-state index contributed by atoms with van der Waals surface area (Å²) >= 11 is 3.08. The van der Waals surface area contributed by atoms with E-state index >= 15 is 0 Å². The summed E-state index contributed by atoms with van der Waals surface area (Å²) in [6.45, 7) is 0. The Labute approximate surface area is 214 Å². The maximum atomic E-state index is 14.7. The van der Waals surface area contributed by atoms with E-state index in [1.807, 2.05) is 0 Å². The summed E-state index contributed by atoms with van der Waals surface area (Å²) in [5, 5.41) is -0.782. The highest BCUT2D eigenvalue weighted by molar-refractivity contribution is 9.10. The smallest absolute Gasteiger partial charge is 0.417 e. The molecule has 0 amide bonds. The van der Waals surface area contributed by atoms with Gasteiger partial charge in [0, 0.05) is 5.56 Å². The van der Waals surface area contributed by atoms with Crippen molar-refractivity contribution in [1.29, 1.82) is 0 Å². The second kappa shape index (κ2) is 10.3. The topological polar surface area (TPSA) is 69.7 Å². The standard InChI is InChI=1S/C24H16BrF6O5P/c1-35-17-12-11-16(25)19(36-2)20(17)37(34,21(32)13-7-4-3-5-8-13)22(33)18-14(23(26,27)28)9-6-10-15(18)24(29,30)31/h3-12H,1-2H3. The molecule has 0 fully saturated rings. The molecule has 0 saturated heterocycles. The second-order valence-corrected chi connectivity index (χ2v) is 10.8. The molecule has 0 aliphatic rings. The van der Waals surface area contributed by atoms with Gasteiger partial charge in [0.05, 0.1) is 35.4 Å². The summed E-state index contributed by atoms with van der Waals surface area (Å²) in [6.07, 6.45) is -10.9. The van der Waals surface area contributed by atoms with E-state index in [1.165, 1.54) is 24.3 Å². The lowest BCUT2D eigenvalue weighted by atomic mass is 10.0. The van der Waals surface area contributed by atoms with E-state index in [1.54, 1.807) is 0 Å². The third kappa shape index (κ3) is 5.17. The Bertz CT molecular complexity index is 1370. The number of halogens is 7. The molecule has 0 aromatic heterocycles. The van der Waals surface area contributed by atoms with Gasteiger partial charge in [0.25, 0.3) is 7.14 Å². The number of carbonyl (C=O) groups excluding carboxylic acids is 2. The molecule has 0 heterocycles. The minimum absolute atomic E-state index is 0.0137. The molecule has 1 atom stereocenters. The van der Waals surface area contributed by atoms with Crippen LogP contribution in [0.3, 0.4) is 0 Å². The predicted octanol–water partition coefficient (Wildman–Crippen LogP) is 7.17. The van der Waals surface area contributed by atoms with Crippen molar-refractivity contribution in [2.75, 3.05) is 14.2 Å². The fraction of sp³-hybridized carbons (Fsp3) is 0.167. The summed E-state index contributed by atoms with van der Waals surface area (Å²) in [5.74, 6) is -0.850. The first-order valence-corrected chi connectivity index (χ1v) is 12.6. The largest absolute Gasteiger partial charge is 0.496 e. The van der Waals surface area contributed by atoms with Crippen LogP contribution in [0.4, 0.5) is 26.3 Å². The maximum absolute atomic E-state index is 14.7. The van der Waals surface area contributed by atoms with Gasteiger partial charge < -0.3 is 14.0 Å². The molecular weight excluding hydrogens is 593 g/mol. The van der Waals surface area contributed by atoms with Crippen molar-refractivity contribution in [3.63, 3.8) is 0 Å². The first-order valence-electron chi connectivity index (χ1n) is 10.1. The van der Waals surface area contributed by atoms with E-state index in [-0.39, 0.29) is 22.2 Å². The lowest BCUT2D eigenvalue weighted by molar-refractivity contribution is -0.143. The van der Waals surface area contributed by atoms with Gasteiger partial charge in [0.1, 0.15) is 16.8 Å². The quantitative estimate of drug-likeness (QED) is 0.210. The summed E-state index contributed by atoms with van der Waals surface area (Å²) in [6, 6.07) is 9.76. The van der Waals surface area contributed by atoms with Gasteiger partial charge in [-0.15, -0.1) is 0 Å². The highest BCUT2D eigenvalue weighted by Crippen LogP contribution is 2.58. The number of carbonyl (C=O) groups is 2. The van der Waals surface area contributed by atoms with E-state index in [0.717, 1.165) is 32.4 Å². The molecule has 3 aromatic rings. The Morgan fingerprint density at radius 1 is 0.757 bits per heavy atom. The van der Waals surface area contributed by atoms with Gasteiger partial charge >= 0.3 is 12.4 Å². The van der Waals surface area contributed by atoms with Crippen LogP contribution in [0.1, 0.15) is 31.8 Å². The number of ether oxygens (including phenoxy) is 2. The Kier molecular flexibility index (Phi) is 7.95. The van der Waals surface area contributed by atoms with Gasteiger partial charge in [0.2, 0.25) is 11.0 Å². The minimum atomic E-state index is -5.58. The van der Waals surface area contributed by atoms with Crippen LogP contribution >= 0.6 is 23.1 Å². The molecular formula is C24H16BrF6O5P. The van der Waals surface area contributed by atoms with E-state index in [9.17, 15) is 40.5 Å². The summed E-state index contributed by atoms with van der Waals surface area (Å²) in [4.78, 5) is 27.5. The molecule has 0 bridgehead atoms. The van der Waals surface area contributed by atoms with Gasteiger partial charge in [-0.25, -0.2) is 0 Å². The fourth-order valence-corrected chi connectivity index (χ4v) is 6.93. The molecule has 3 rings (SSSR count). The number of methoxy groups -OCH3 is 2. The zero-order valence-electron chi connectivity index (χ0n) is 18.9. The molecule has 0 N–H and O–H groups in total. The molecule has 3 aromatic carbocycles. The molecule has 37 heavy (non-hydrogen) atoms. The van der Waals surface area contributed by atoms with E-state index < -0.39 is 64.0 Å². The van der Waals surface area contributed by atoms with Gasteiger partial charge in [-0.05, 0) is 40.2 Å². The number of hydrogen-bond donors (Lipinski definition) is 0. The average Bonchev–Trinajstić information content (AvgIpc) is 2.86. The van der Waals surface area contributed by atoms with E-state index in [4.69, 9.17) is 9.47 Å². The Morgan fingerprint density at radius 3 is 1.76 bits per heavy atom. The zero-order chi connectivity index (χ0) is 27.8. The van der Waals surface area contributed by atoms with Crippen molar-refractivity contribution in [3.05, 3.63) is 87.4 Å². The van der Waals surface area contributed by atoms with Gasteiger partial charge in [-0.3, -0.25) is 9.59 Å². The lowest BCUT2D eigenvalue weighted by Crippen LogP contribution is -2.27. The normalized spacial score (nSPS) is 13.5. The number of rotatable bonds is 7. The number of hydrogen-bond acceptors (Lipinski definition) is 5. The highest BCUT2D eigenvalue weighted by Gasteiger charge is 2.52. The first-order chi connectivity index (χ1) is 17.2. The van der Waals surface area contributed by atoms with Gasteiger partial charge in [0.15, 0.2) is 0 Å². The molecule has 0 saturated carbocycles.